The number of aromatic nitrogens is 1. The molecule has 3 nitrogen and oxygen atoms in total. The summed E-state index contributed by atoms with van der Waals surface area (Å²) in [6.45, 7) is 5.87. The summed E-state index contributed by atoms with van der Waals surface area (Å²) in [7, 11) is 0. The lowest BCUT2D eigenvalue weighted by atomic mass is 9.87. The predicted octanol–water partition coefficient (Wildman–Crippen LogP) is 3.84. The van der Waals surface area contributed by atoms with Gasteiger partial charge in [0.25, 0.3) is 0 Å². The second-order valence-electron chi connectivity index (χ2n) is 5.80. The van der Waals surface area contributed by atoms with Crippen LogP contribution in [0, 0.1) is 11.7 Å². The number of hydrogen-bond acceptors (Lipinski definition) is 2. The highest BCUT2D eigenvalue weighted by Crippen LogP contribution is 2.25. The number of hydrogen-bond donors (Lipinski definition) is 1. The summed E-state index contributed by atoms with van der Waals surface area (Å²) in [5.74, 6) is -0.523. The fraction of sp³-hybridized carbons (Fsp3) is 0.333. The van der Waals surface area contributed by atoms with E-state index in [2.05, 4.69) is 10.3 Å². The fourth-order valence-corrected chi connectivity index (χ4v) is 2.55. The number of nitrogens with one attached hydrogen (secondary N) is 1. The van der Waals surface area contributed by atoms with Crippen LogP contribution in [-0.4, -0.2) is 10.9 Å². The zero-order valence-electron chi connectivity index (χ0n) is 13.1. The third-order valence-corrected chi connectivity index (χ3v) is 3.69. The second kappa shape index (κ2) is 7.16. The van der Waals surface area contributed by atoms with E-state index >= 15 is 0 Å². The Hall–Kier alpha value is -2.23. The summed E-state index contributed by atoms with van der Waals surface area (Å²) in [5, 5.41) is 2.96. The van der Waals surface area contributed by atoms with E-state index in [0.29, 0.717) is 5.56 Å². The van der Waals surface area contributed by atoms with Crippen LogP contribution in [0.5, 0.6) is 0 Å². The van der Waals surface area contributed by atoms with Gasteiger partial charge < -0.3 is 5.32 Å². The van der Waals surface area contributed by atoms with Crippen molar-refractivity contribution in [2.75, 3.05) is 0 Å². The average molecular weight is 300 g/mol. The van der Waals surface area contributed by atoms with Crippen molar-refractivity contribution in [2.24, 2.45) is 5.92 Å². The summed E-state index contributed by atoms with van der Waals surface area (Å²) in [4.78, 5) is 16.5. The number of rotatable bonds is 5. The highest BCUT2D eigenvalue weighted by atomic mass is 19.1. The van der Waals surface area contributed by atoms with E-state index in [1.807, 2.05) is 51.1 Å². The number of pyridine rings is 1. The zero-order chi connectivity index (χ0) is 16.1. The molecule has 1 aromatic carbocycles. The molecule has 2 aromatic rings. The first-order valence-corrected chi connectivity index (χ1v) is 7.44. The zero-order valence-corrected chi connectivity index (χ0v) is 13.1. The lowest BCUT2D eigenvalue weighted by molar-refractivity contribution is -0.124. The van der Waals surface area contributed by atoms with Gasteiger partial charge in [0.15, 0.2) is 0 Å². The molecule has 2 rings (SSSR count). The van der Waals surface area contributed by atoms with E-state index in [1.54, 1.807) is 6.20 Å². The molecule has 0 fully saturated rings. The van der Waals surface area contributed by atoms with Gasteiger partial charge in [-0.3, -0.25) is 9.78 Å². The van der Waals surface area contributed by atoms with Crippen LogP contribution in [0.1, 0.15) is 43.9 Å². The number of carbonyl (C=O) groups is 1. The van der Waals surface area contributed by atoms with E-state index in [0.717, 1.165) is 11.8 Å². The molecule has 2 atom stereocenters. The summed E-state index contributed by atoms with van der Waals surface area (Å²) in [6.07, 6.45) is 2.72. The first kappa shape index (κ1) is 16.1. The fourth-order valence-electron chi connectivity index (χ4n) is 2.55. The maximum atomic E-state index is 13.2. The summed E-state index contributed by atoms with van der Waals surface area (Å²) in [5.41, 5.74) is 1.64. The van der Waals surface area contributed by atoms with Gasteiger partial charge in [0.05, 0.1) is 18.2 Å². The minimum absolute atomic E-state index is 0.0574. The maximum absolute atomic E-state index is 13.2. The van der Waals surface area contributed by atoms with Crippen LogP contribution in [0.2, 0.25) is 0 Å². The molecule has 1 heterocycles. The van der Waals surface area contributed by atoms with Crippen LogP contribution in [-0.2, 0) is 4.79 Å². The minimum atomic E-state index is -0.401. The highest BCUT2D eigenvalue weighted by Gasteiger charge is 2.25. The molecular weight excluding hydrogens is 279 g/mol. The van der Waals surface area contributed by atoms with Gasteiger partial charge in [-0.25, -0.2) is 4.39 Å². The van der Waals surface area contributed by atoms with Crippen molar-refractivity contribution in [3.8, 4) is 0 Å². The molecule has 0 aliphatic heterocycles. The molecule has 0 saturated heterocycles. The molecule has 22 heavy (non-hydrogen) atoms. The Balaban J connectivity index is 2.15. The molecule has 0 spiro atoms. The smallest absolute Gasteiger partial charge is 0.228 e. The van der Waals surface area contributed by atoms with Crippen LogP contribution in [0.25, 0.3) is 0 Å². The highest BCUT2D eigenvalue weighted by molar-refractivity contribution is 5.84. The van der Waals surface area contributed by atoms with E-state index in [-0.39, 0.29) is 23.8 Å². The molecule has 0 saturated carbocycles. The third kappa shape index (κ3) is 3.91. The predicted molar refractivity (Wildman–Crippen MR) is 84.8 cm³/mol. The van der Waals surface area contributed by atoms with Crippen LogP contribution in [0.15, 0.2) is 48.8 Å². The molecule has 0 bridgehead atoms. The maximum Gasteiger partial charge on any atom is 0.228 e. The van der Waals surface area contributed by atoms with Crippen molar-refractivity contribution < 1.29 is 9.18 Å². The summed E-state index contributed by atoms with van der Waals surface area (Å²) in [6, 6.07) is 10.8. The topological polar surface area (TPSA) is 42.0 Å². The van der Waals surface area contributed by atoms with E-state index in [4.69, 9.17) is 0 Å². The minimum Gasteiger partial charge on any atom is -0.349 e. The van der Waals surface area contributed by atoms with Crippen LogP contribution >= 0.6 is 0 Å². The third-order valence-electron chi connectivity index (χ3n) is 3.69. The molecule has 2 unspecified atom stereocenters. The Kier molecular flexibility index (Phi) is 5.26. The van der Waals surface area contributed by atoms with Crippen molar-refractivity contribution in [3.05, 3.63) is 65.7 Å². The summed E-state index contributed by atoms with van der Waals surface area (Å²) < 4.78 is 13.2. The van der Waals surface area contributed by atoms with Gasteiger partial charge >= 0.3 is 0 Å². The van der Waals surface area contributed by atoms with E-state index in [1.165, 1.54) is 6.07 Å². The van der Waals surface area contributed by atoms with Crippen molar-refractivity contribution in [3.63, 3.8) is 0 Å². The largest absolute Gasteiger partial charge is 0.349 e. The standard InChI is InChI=1S/C18H21FN2O/c1-12(2)17(14-7-5-4-6-8-14)18(22)21-13(3)15-9-16(19)11-20-10-15/h4-13,17H,1-3H3,(H,21,22). The van der Waals surface area contributed by atoms with E-state index in [9.17, 15) is 9.18 Å². The van der Waals surface area contributed by atoms with Crippen molar-refractivity contribution >= 4 is 5.91 Å². The van der Waals surface area contributed by atoms with E-state index < -0.39 is 5.82 Å². The Morgan fingerprint density at radius 2 is 1.77 bits per heavy atom. The number of nitrogens with zero attached hydrogens (tertiary/aromatic N) is 1. The van der Waals surface area contributed by atoms with Crippen molar-refractivity contribution in [1.82, 2.24) is 10.3 Å². The molecule has 0 aliphatic carbocycles. The van der Waals surface area contributed by atoms with Crippen LogP contribution in [0.4, 0.5) is 4.39 Å². The second-order valence-corrected chi connectivity index (χ2v) is 5.80. The van der Waals surface area contributed by atoms with Gasteiger partial charge in [-0.05, 0) is 30.0 Å². The molecular formula is C18H21FN2O. The van der Waals surface area contributed by atoms with Gasteiger partial charge in [-0.1, -0.05) is 44.2 Å². The van der Waals surface area contributed by atoms with Gasteiger partial charge in [0, 0.05) is 6.20 Å². The van der Waals surface area contributed by atoms with Crippen molar-refractivity contribution in [2.45, 2.75) is 32.7 Å². The Labute approximate surface area is 130 Å². The van der Waals surface area contributed by atoms with Crippen LogP contribution < -0.4 is 5.32 Å². The normalized spacial score (nSPS) is 13.7. The SMILES string of the molecule is CC(NC(=O)C(c1ccccc1)C(C)C)c1cncc(F)c1. The molecule has 1 N–H and O–H groups in total. The van der Waals surface area contributed by atoms with Gasteiger partial charge in [0.1, 0.15) is 5.82 Å². The van der Waals surface area contributed by atoms with Gasteiger partial charge in [0.2, 0.25) is 5.91 Å². The van der Waals surface area contributed by atoms with Gasteiger partial charge in [-0.2, -0.15) is 0 Å². The Bertz CT molecular complexity index is 628. The average Bonchev–Trinajstić information content (AvgIpc) is 2.48. The lowest BCUT2D eigenvalue weighted by Gasteiger charge is -2.23. The molecule has 4 heteroatoms. The Morgan fingerprint density at radius 3 is 2.36 bits per heavy atom. The number of carbonyl (C=O) groups excluding carboxylic acids is 1. The monoisotopic (exact) mass is 300 g/mol. The first-order chi connectivity index (χ1) is 10.5. The molecule has 0 aliphatic rings. The molecule has 1 amide bonds. The van der Waals surface area contributed by atoms with Gasteiger partial charge in [-0.15, -0.1) is 0 Å². The Morgan fingerprint density at radius 1 is 1.09 bits per heavy atom. The summed E-state index contributed by atoms with van der Waals surface area (Å²) >= 11 is 0. The first-order valence-electron chi connectivity index (χ1n) is 7.44. The molecule has 1 aromatic heterocycles. The number of benzene rings is 1. The lowest BCUT2D eigenvalue weighted by Crippen LogP contribution is -2.34. The molecule has 0 radical (unpaired) electrons. The quantitative estimate of drug-likeness (QED) is 0.911. The van der Waals surface area contributed by atoms with Crippen molar-refractivity contribution in [1.29, 1.82) is 0 Å². The number of amides is 1. The van der Waals surface area contributed by atoms with Crippen LogP contribution in [0.3, 0.4) is 0 Å². The number of halogens is 1. The molecule has 116 valence electrons.